The summed E-state index contributed by atoms with van der Waals surface area (Å²) in [5.74, 6) is 1.75. The van der Waals surface area contributed by atoms with Gasteiger partial charge in [0.25, 0.3) is 5.91 Å². The lowest BCUT2D eigenvalue weighted by Crippen LogP contribution is -2.50. The summed E-state index contributed by atoms with van der Waals surface area (Å²) in [6.07, 6.45) is 0.312. The van der Waals surface area contributed by atoms with Crippen LogP contribution in [0.15, 0.2) is 35.7 Å². The van der Waals surface area contributed by atoms with Gasteiger partial charge in [0.05, 0.1) is 24.7 Å². The number of ether oxygens (including phenoxy) is 2. The van der Waals surface area contributed by atoms with E-state index in [-0.39, 0.29) is 11.8 Å². The number of H-pyrrole nitrogens is 1. The molecule has 174 valence electrons. The van der Waals surface area contributed by atoms with Gasteiger partial charge in [-0.05, 0) is 35.8 Å². The highest BCUT2D eigenvalue weighted by molar-refractivity contribution is 7.71. The Kier molecular flexibility index (Phi) is 7.09. The van der Waals surface area contributed by atoms with Crippen molar-refractivity contribution >= 4 is 35.4 Å². The van der Waals surface area contributed by atoms with E-state index in [9.17, 15) is 9.59 Å². The molecular formula is C22H25N5O4S2. The van der Waals surface area contributed by atoms with Gasteiger partial charge in [-0.2, -0.15) is 5.10 Å². The van der Waals surface area contributed by atoms with Crippen molar-refractivity contribution in [1.82, 2.24) is 24.6 Å². The van der Waals surface area contributed by atoms with Crippen molar-refractivity contribution in [2.45, 2.75) is 13.0 Å². The third-order valence-electron chi connectivity index (χ3n) is 5.61. The molecule has 4 rings (SSSR count). The van der Waals surface area contributed by atoms with Crippen LogP contribution >= 0.6 is 23.6 Å². The quantitative estimate of drug-likeness (QED) is 0.515. The molecule has 1 aliphatic rings. The first-order valence-electron chi connectivity index (χ1n) is 10.5. The maximum absolute atomic E-state index is 13.0. The van der Waals surface area contributed by atoms with E-state index in [0.717, 1.165) is 10.7 Å². The number of hydrogen-bond donors (Lipinski definition) is 1. The van der Waals surface area contributed by atoms with Gasteiger partial charge in [0, 0.05) is 45.2 Å². The molecule has 0 saturated carbocycles. The van der Waals surface area contributed by atoms with E-state index in [1.165, 1.54) is 7.11 Å². The van der Waals surface area contributed by atoms with Crippen LogP contribution in [0, 0.1) is 4.77 Å². The van der Waals surface area contributed by atoms with Crippen molar-refractivity contribution < 1.29 is 19.1 Å². The van der Waals surface area contributed by atoms with Crippen molar-refractivity contribution in [2.75, 3.05) is 40.4 Å². The van der Waals surface area contributed by atoms with Crippen LogP contribution in [0.1, 0.15) is 16.8 Å². The molecule has 1 saturated heterocycles. The Morgan fingerprint density at radius 2 is 1.88 bits per heavy atom. The molecule has 0 radical (unpaired) electrons. The van der Waals surface area contributed by atoms with Crippen molar-refractivity contribution in [2.24, 2.45) is 0 Å². The number of carbonyl (C=O) groups excluding carboxylic acids is 2. The molecule has 2 amide bonds. The summed E-state index contributed by atoms with van der Waals surface area (Å²) < 4.78 is 12.9. The number of nitrogens with zero attached hydrogens (tertiary/aromatic N) is 4. The maximum Gasteiger partial charge on any atom is 0.257 e. The lowest BCUT2D eigenvalue weighted by Gasteiger charge is -2.35. The molecule has 1 aromatic carbocycles. The van der Waals surface area contributed by atoms with Gasteiger partial charge in [0.15, 0.2) is 10.6 Å². The fraction of sp³-hybridized carbons (Fsp3) is 0.364. The molecule has 33 heavy (non-hydrogen) atoms. The van der Waals surface area contributed by atoms with E-state index < -0.39 is 0 Å². The zero-order chi connectivity index (χ0) is 23.4. The minimum absolute atomic E-state index is 0.0318. The van der Waals surface area contributed by atoms with E-state index in [4.69, 9.17) is 21.7 Å². The van der Waals surface area contributed by atoms with Crippen molar-refractivity contribution in [3.63, 3.8) is 0 Å². The van der Waals surface area contributed by atoms with E-state index in [0.29, 0.717) is 61.0 Å². The van der Waals surface area contributed by atoms with Crippen LogP contribution in [-0.2, 0) is 11.3 Å². The lowest BCUT2D eigenvalue weighted by atomic mass is 10.1. The van der Waals surface area contributed by atoms with Gasteiger partial charge in [-0.15, -0.1) is 11.3 Å². The summed E-state index contributed by atoms with van der Waals surface area (Å²) in [5, 5.41) is 9.09. The Labute approximate surface area is 200 Å². The van der Waals surface area contributed by atoms with Crippen LogP contribution in [0.3, 0.4) is 0 Å². The molecule has 2 aromatic heterocycles. The average Bonchev–Trinajstić information content (AvgIpc) is 3.51. The summed E-state index contributed by atoms with van der Waals surface area (Å²) in [6.45, 7) is 2.34. The Hall–Kier alpha value is -3.18. The van der Waals surface area contributed by atoms with Gasteiger partial charge in [-0.3, -0.25) is 19.3 Å². The van der Waals surface area contributed by atoms with Crippen molar-refractivity contribution in [3.8, 4) is 22.2 Å². The molecule has 0 aliphatic carbocycles. The van der Waals surface area contributed by atoms with Crippen molar-refractivity contribution in [1.29, 1.82) is 0 Å². The summed E-state index contributed by atoms with van der Waals surface area (Å²) in [5.41, 5.74) is 0.480. The Morgan fingerprint density at radius 1 is 1.12 bits per heavy atom. The number of amides is 2. The molecule has 0 spiro atoms. The van der Waals surface area contributed by atoms with Crippen LogP contribution in [0.4, 0.5) is 0 Å². The van der Waals surface area contributed by atoms with Gasteiger partial charge in [-0.25, -0.2) is 0 Å². The number of rotatable bonds is 7. The smallest absolute Gasteiger partial charge is 0.257 e. The van der Waals surface area contributed by atoms with Crippen LogP contribution in [0.25, 0.3) is 10.7 Å². The van der Waals surface area contributed by atoms with Gasteiger partial charge in [0.2, 0.25) is 5.91 Å². The number of methoxy groups -OCH3 is 2. The molecule has 0 unspecified atom stereocenters. The highest BCUT2D eigenvalue weighted by Gasteiger charge is 2.26. The molecule has 1 aliphatic heterocycles. The average molecular weight is 488 g/mol. The van der Waals surface area contributed by atoms with E-state index in [1.54, 1.807) is 46.4 Å². The highest BCUT2D eigenvalue weighted by Crippen LogP contribution is 2.26. The number of thiophene rings is 1. The summed E-state index contributed by atoms with van der Waals surface area (Å²) in [6, 6.07) is 9.06. The molecule has 1 fully saturated rings. The third-order valence-corrected chi connectivity index (χ3v) is 6.79. The minimum atomic E-state index is -0.119. The fourth-order valence-electron chi connectivity index (χ4n) is 3.79. The maximum atomic E-state index is 13.0. The number of hydrogen-bond acceptors (Lipinski definition) is 7. The van der Waals surface area contributed by atoms with E-state index >= 15 is 0 Å². The molecule has 9 nitrogen and oxygen atoms in total. The zero-order valence-corrected chi connectivity index (χ0v) is 20.1. The van der Waals surface area contributed by atoms with Crippen LogP contribution < -0.4 is 9.47 Å². The molecule has 3 aromatic rings. The predicted octanol–water partition coefficient (Wildman–Crippen LogP) is 3.06. The summed E-state index contributed by atoms with van der Waals surface area (Å²) in [4.78, 5) is 30.4. The van der Waals surface area contributed by atoms with Crippen molar-refractivity contribution in [3.05, 3.63) is 46.0 Å². The first kappa shape index (κ1) is 23.0. The second kappa shape index (κ2) is 10.2. The Morgan fingerprint density at radius 3 is 2.55 bits per heavy atom. The largest absolute Gasteiger partial charge is 0.497 e. The van der Waals surface area contributed by atoms with Gasteiger partial charge in [-0.1, -0.05) is 6.07 Å². The van der Waals surface area contributed by atoms with Gasteiger partial charge in [0.1, 0.15) is 11.5 Å². The number of aromatic nitrogens is 3. The first-order valence-corrected chi connectivity index (χ1v) is 11.8. The lowest BCUT2D eigenvalue weighted by molar-refractivity contribution is -0.132. The Bertz CT molecular complexity index is 1180. The van der Waals surface area contributed by atoms with Gasteiger partial charge >= 0.3 is 0 Å². The molecule has 11 heteroatoms. The van der Waals surface area contributed by atoms with Crippen LogP contribution in [-0.4, -0.2) is 76.8 Å². The van der Waals surface area contributed by atoms with E-state index in [2.05, 4.69) is 10.2 Å². The van der Waals surface area contributed by atoms with E-state index in [1.807, 2.05) is 22.1 Å². The van der Waals surface area contributed by atoms with Crippen LogP contribution in [0.2, 0.25) is 0 Å². The third kappa shape index (κ3) is 4.93. The Balaban J connectivity index is 1.34. The molecule has 0 bridgehead atoms. The first-order chi connectivity index (χ1) is 16.0. The number of benzene rings is 1. The molecule has 0 atom stereocenters. The molecule has 1 N–H and O–H groups in total. The topological polar surface area (TPSA) is 92.7 Å². The second-order valence-electron chi connectivity index (χ2n) is 7.47. The number of piperazine rings is 1. The fourth-order valence-corrected chi connectivity index (χ4v) is 4.73. The zero-order valence-electron chi connectivity index (χ0n) is 18.4. The second-order valence-corrected chi connectivity index (χ2v) is 8.80. The molecular weight excluding hydrogens is 462 g/mol. The minimum Gasteiger partial charge on any atom is -0.497 e. The number of nitrogens with one attached hydrogen (secondary N) is 1. The summed E-state index contributed by atoms with van der Waals surface area (Å²) >= 11 is 6.92. The number of carbonyl (C=O) groups is 2. The molecule has 3 heterocycles. The summed E-state index contributed by atoms with van der Waals surface area (Å²) in [7, 11) is 3.09. The van der Waals surface area contributed by atoms with Crippen LogP contribution in [0.5, 0.6) is 11.5 Å². The normalized spacial score (nSPS) is 13.8. The van der Waals surface area contributed by atoms with Gasteiger partial charge < -0.3 is 19.3 Å². The monoisotopic (exact) mass is 487 g/mol. The standard InChI is InChI=1S/C22H25N5O4S2/c1-30-15-5-6-16(17(14-15)31-2)21(29)26-11-9-25(10-12-26)19(28)7-8-27-20(23-24-22(27)32)18-4-3-13-33-18/h3-6,13-14H,7-12H2,1-2H3,(H,24,32). The number of aromatic amines is 1. The highest BCUT2D eigenvalue weighted by atomic mass is 32.1. The SMILES string of the molecule is COc1ccc(C(=O)N2CCN(C(=O)CCn3c(-c4cccs4)n[nH]c3=S)CC2)c(OC)c1. The predicted molar refractivity (Wildman–Crippen MR) is 127 cm³/mol.